The molecular weight excluding hydrogens is 254 g/mol. The molecule has 17 heavy (non-hydrogen) atoms. The summed E-state index contributed by atoms with van der Waals surface area (Å²) in [6, 6.07) is 3.59. The van der Waals surface area contributed by atoms with Gasteiger partial charge in [0.1, 0.15) is 5.69 Å². The summed E-state index contributed by atoms with van der Waals surface area (Å²) in [7, 11) is 0. The first kappa shape index (κ1) is 12.6. The lowest BCUT2D eigenvalue weighted by Gasteiger charge is -2.09. The van der Waals surface area contributed by atoms with E-state index in [4.69, 9.17) is 0 Å². The highest BCUT2D eigenvalue weighted by atomic mass is 32.2. The molecule has 2 rings (SSSR count). The van der Waals surface area contributed by atoms with Crippen LogP contribution in [0.3, 0.4) is 0 Å². The van der Waals surface area contributed by atoms with Crippen LogP contribution < -0.4 is 10.9 Å². The second-order valence-electron chi connectivity index (χ2n) is 4.43. The molecule has 6 heteroatoms. The van der Waals surface area contributed by atoms with Crippen molar-refractivity contribution in [2.75, 3.05) is 16.9 Å². The molecular formula is C11H15N3OS2. The summed E-state index contributed by atoms with van der Waals surface area (Å²) in [5.41, 5.74) is 0.382. The summed E-state index contributed by atoms with van der Waals surface area (Å²) >= 11 is 5.67. The quantitative estimate of drug-likeness (QED) is 0.636. The maximum atomic E-state index is 12.1. The molecule has 0 unspecified atom stereocenters. The zero-order chi connectivity index (χ0) is 12.5. The molecule has 0 bridgehead atoms. The Hall–Kier alpha value is -0.880. The molecule has 0 aromatic carbocycles. The van der Waals surface area contributed by atoms with Gasteiger partial charge in [-0.1, -0.05) is 11.8 Å². The molecule has 0 spiro atoms. The van der Waals surface area contributed by atoms with Crippen LogP contribution >= 0.6 is 24.4 Å². The number of nitrogens with one attached hydrogen (secondary N) is 1. The molecule has 0 saturated heterocycles. The number of hydrogen-bond donors (Lipinski definition) is 2. The van der Waals surface area contributed by atoms with E-state index in [1.54, 1.807) is 28.6 Å². The molecule has 1 N–H and O–H groups in total. The Morgan fingerprint density at radius 2 is 2.41 bits per heavy atom. The van der Waals surface area contributed by atoms with E-state index in [0.717, 1.165) is 10.9 Å². The number of thiol groups is 1. The van der Waals surface area contributed by atoms with Crippen molar-refractivity contribution in [3.63, 3.8) is 0 Å². The summed E-state index contributed by atoms with van der Waals surface area (Å²) in [4.78, 5) is 16.7. The van der Waals surface area contributed by atoms with Crippen molar-refractivity contribution in [3.8, 4) is 0 Å². The third-order valence-corrected chi connectivity index (χ3v) is 3.93. The van der Waals surface area contributed by atoms with Crippen LogP contribution in [0.2, 0.25) is 0 Å². The maximum absolute atomic E-state index is 12.1. The Morgan fingerprint density at radius 3 is 3.00 bits per heavy atom. The maximum Gasteiger partial charge on any atom is 0.280 e. The Bertz CT molecular complexity index is 508. The summed E-state index contributed by atoms with van der Waals surface area (Å²) in [5, 5.41) is 3.69. The smallest absolute Gasteiger partial charge is 0.280 e. The van der Waals surface area contributed by atoms with E-state index >= 15 is 0 Å². The Balaban J connectivity index is 2.41. The zero-order valence-corrected chi connectivity index (χ0v) is 11.5. The predicted molar refractivity (Wildman–Crippen MR) is 77.5 cm³/mol. The van der Waals surface area contributed by atoms with Crippen LogP contribution in [0.1, 0.15) is 13.8 Å². The van der Waals surface area contributed by atoms with E-state index in [2.05, 4.69) is 36.8 Å². The van der Waals surface area contributed by atoms with Crippen molar-refractivity contribution in [2.45, 2.75) is 19.4 Å². The van der Waals surface area contributed by atoms with Gasteiger partial charge in [-0.3, -0.25) is 14.4 Å². The van der Waals surface area contributed by atoms with E-state index in [1.807, 2.05) is 6.07 Å². The van der Waals surface area contributed by atoms with Gasteiger partial charge in [0.15, 0.2) is 5.17 Å². The minimum absolute atomic E-state index is 0.0782. The third-order valence-electron chi connectivity index (χ3n) is 2.38. The van der Waals surface area contributed by atoms with Crippen LogP contribution in [-0.4, -0.2) is 26.9 Å². The second-order valence-corrected chi connectivity index (χ2v) is 5.69. The first-order valence-electron chi connectivity index (χ1n) is 5.33. The summed E-state index contributed by atoms with van der Waals surface area (Å²) in [5.74, 6) is 1.34. The van der Waals surface area contributed by atoms with Crippen molar-refractivity contribution in [2.24, 2.45) is 4.99 Å². The molecule has 0 atom stereocenters. The Labute approximate surface area is 110 Å². The lowest BCUT2D eigenvalue weighted by atomic mass is 10.1. The van der Waals surface area contributed by atoms with Crippen LogP contribution in [-0.2, 0) is 0 Å². The fourth-order valence-corrected chi connectivity index (χ4v) is 2.86. The van der Waals surface area contributed by atoms with Gasteiger partial charge in [-0.05, 0) is 26.0 Å². The van der Waals surface area contributed by atoms with E-state index in [1.165, 1.54) is 0 Å². The number of nitrogens with zero attached hydrogens (tertiary/aromatic N) is 2. The SMILES string of the molecule is CC1(C)CSC(n2cccc(NCS)c2=O)=N1. The molecule has 1 aromatic rings. The van der Waals surface area contributed by atoms with E-state index < -0.39 is 0 Å². The molecule has 1 aliphatic rings. The molecule has 2 heterocycles. The highest BCUT2D eigenvalue weighted by molar-refractivity contribution is 8.14. The van der Waals surface area contributed by atoms with Gasteiger partial charge < -0.3 is 5.32 Å². The number of anilines is 1. The fourth-order valence-electron chi connectivity index (χ4n) is 1.55. The van der Waals surface area contributed by atoms with Crippen molar-refractivity contribution < 1.29 is 0 Å². The average Bonchev–Trinajstić information content (AvgIpc) is 2.62. The van der Waals surface area contributed by atoms with Crippen LogP contribution in [0, 0.1) is 0 Å². The minimum atomic E-state index is -0.0909. The first-order valence-corrected chi connectivity index (χ1v) is 6.95. The average molecular weight is 269 g/mol. The van der Waals surface area contributed by atoms with Gasteiger partial charge in [-0.2, -0.15) is 12.6 Å². The third kappa shape index (κ3) is 2.69. The van der Waals surface area contributed by atoms with Gasteiger partial charge >= 0.3 is 0 Å². The summed E-state index contributed by atoms with van der Waals surface area (Å²) in [6.07, 6.45) is 1.75. The van der Waals surface area contributed by atoms with E-state index in [9.17, 15) is 4.79 Å². The molecule has 92 valence electrons. The normalized spacial score (nSPS) is 17.9. The van der Waals surface area contributed by atoms with Gasteiger partial charge in [0.2, 0.25) is 0 Å². The highest BCUT2D eigenvalue weighted by Gasteiger charge is 2.26. The van der Waals surface area contributed by atoms with E-state index in [-0.39, 0.29) is 11.1 Å². The molecule has 0 amide bonds. The monoisotopic (exact) mass is 269 g/mol. The predicted octanol–water partition coefficient (Wildman–Crippen LogP) is 1.88. The topological polar surface area (TPSA) is 46.4 Å². The van der Waals surface area contributed by atoms with Crippen molar-refractivity contribution in [1.82, 2.24) is 4.57 Å². The fraction of sp³-hybridized carbons (Fsp3) is 0.455. The summed E-state index contributed by atoms with van der Waals surface area (Å²) in [6.45, 7) is 4.13. The lowest BCUT2D eigenvalue weighted by Crippen LogP contribution is -2.26. The highest BCUT2D eigenvalue weighted by Crippen LogP contribution is 2.27. The number of rotatable bonds is 2. The molecule has 0 fully saturated rings. The largest absolute Gasteiger partial charge is 0.372 e. The standard InChI is InChI=1S/C11H15N3OS2/c1-11(2)6-17-10(13-11)14-5-3-4-8(9(14)15)12-7-16/h3-5,12,16H,6-7H2,1-2H3. The lowest BCUT2D eigenvalue weighted by molar-refractivity contribution is 0.603. The second kappa shape index (κ2) is 4.78. The van der Waals surface area contributed by atoms with Gasteiger partial charge in [0.05, 0.1) is 11.4 Å². The zero-order valence-electron chi connectivity index (χ0n) is 9.80. The molecule has 0 saturated carbocycles. The first-order chi connectivity index (χ1) is 8.03. The number of hydrogen-bond acceptors (Lipinski definition) is 5. The van der Waals surface area contributed by atoms with Crippen LogP contribution in [0.5, 0.6) is 0 Å². The minimum Gasteiger partial charge on any atom is -0.372 e. The van der Waals surface area contributed by atoms with Crippen LogP contribution in [0.15, 0.2) is 28.1 Å². The van der Waals surface area contributed by atoms with Crippen LogP contribution in [0.4, 0.5) is 5.69 Å². The van der Waals surface area contributed by atoms with Crippen molar-refractivity contribution >= 4 is 35.2 Å². The molecule has 1 aromatic heterocycles. The molecule has 0 radical (unpaired) electrons. The van der Waals surface area contributed by atoms with Crippen molar-refractivity contribution in [1.29, 1.82) is 0 Å². The number of pyridine rings is 1. The van der Waals surface area contributed by atoms with Gasteiger partial charge in [0, 0.05) is 11.9 Å². The molecule has 4 nitrogen and oxygen atoms in total. The van der Waals surface area contributed by atoms with Crippen molar-refractivity contribution in [3.05, 3.63) is 28.7 Å². The number of aliphatic imine (C=N–C) groups is 1. The van der Waals surface area contributed by atoms with E-state index in [0.29, 0.717) is 11.6 Å². The van der Waals surface area contributed by atoms with Gasteiger partial charge in [-0.25, -0.2) is 0 Å². The van der Waals surface area contributed by atoms with Gasteiger partial charge in [0.25, 0.3) is 5.56 Å². The Kier molecular flexibility index (Phi) is 3.53. The van der Waals surface area contributed by atoms with Crippen LogP contribution in [0.25, 0.3) is 0 Å². The molecule has 1 aliphatic heterocycles. The Morgan fingerprint density at radius 1 is 1.65 bits per heavy atom. The number of thioether (sulfide) groups is 1. The number of aromatic nitrogens is 1. The van der Waals surface area contributed by atoms with Gasteiger partial charge in [-0.15, -0.1) is 0 Å². The molecule has 0 aliphatic carbocycles. The summed E-state index contributed by atoms with van der Waals surface area (Å²) < 4.78 is 1.59.